The van der Waals surface area contributed by atoms with Gasteiger partial charge < -0.3 is 17.1 Å². The van der Waals surface area contributed by atoms with Crippen molar-refractivity contribution in [2.45, 2.75) is 20.1 Å². The third kappa shape index (κ3) is 5.59. The molecule has 0 radical (unpaired) electrons. The van der Waals surface area contributed by atoms with Crippen molar-refractivity contribution in [1.29, 1.82) is 0 Å². The van der Waals surface area contributed by atoms with Gasteiger partial charge in [-0.05, 0) is 13.8 Å². The first-order chi connectivity index (χ1) is 4.04. The predicted octanol–water partition coefficient (Wildman–Crippen LogP) is -2.59. The molecule has 1 unspecified atom stereocenters. The second-order valence-electron chi connectivity index (χ2n) is 1.89. The van der Waals surface area contributed by atoms with E-state index in [1.165, 1.54) is 0 Å². The van der Waals surface area contributed by atoms with Crippen LogP contribution in [0.5, 0.6) is 0 Å². The van der Waals surface area contributed by atoms with Crippen LogP contribution in [0, 0.1) is 0 Å². The summed E-state index contributed by atoms with van der Waals surface area (Å²) < 4.78 is 4.55. The highest BCUT2D eigenvalue weighted by Crippen LogP contribution is 1.92. The topological polar surface area (TPSA) is 52.3 Å². The average Bonchev–Trinajstić information content (AvgIpc) is 1.63. The zero-order chi connectivity index (χ0) is 7.44. The second kappa shape index (κ2) is 5.26. The molecule has 2 N–H and O–H groups in total. The van der Waals surface area contributed by atoms with E-state index in [4.69, 9.17) is 5.73 Å². The lowest BCUT2D eigenvalue weighted by molar-refractivity contribution is -0.143. The summed E-state index contributed by atoms with van der Waals surface area (Å²) in [5.74, 6) is -0.440. The molecule has 3 nitrogen and oxygen atoms in total. The zero-order valence-electron chi connectivity index (χ0n) is 6.06. The molecule has 0 rings (SSSR count). The normalized spacial score (nSPS) is 11.1. The number of carbonyl (C=O) groups excluding carboxylic acids is 1. The number of hydrogen-bond donors (Lipinski definition) is 1. The molecule has 0 aromatic carbocycles. The Hall–Kier alpha value is -0.540. The Labute approximate surface area is 66.6 Å². The van der Waals surface area contributed by atoms with Gasteiger partial charge in [0.2, 0.25) is 0 Å². The number of carbonyl (C=O) groups is 1. The van der Waals surface area contributed by atoms with E-state index in [2.05, 4.69) is 11.3 Å². The Bertz CT molecular complexity index is 134. The Morgan fingerprint density at radius 1 is 1.70 bits per heavy atom. The summed E-state index contributed by atoms with van der Waals surface area (Å²) in [6.07, 6.45) is -0.547. The Balaban J connectivity index is 0. The highest BCUT2D eigenvalue weighted by Gasteiger charge is 2.03. The van der Waals surface area contributed by atoms with E-state index in [-0.39, 0.29) is 12.4 Å². The van der Waals surface area contributed by atoms with Gasteiger partial charge >= 0.3 is 5.97 Å². The molecule has 0 fully saturated rings. The van der Waals surface area contributed by atoms with Gasteiger partial charge in [0.05, 0.1) is 0 Å². The minimum absolute atomic E-state index is 0. The van der Waals surface area contributed by atoms with E-state index in [1.807, 2.05) is 0 Å². The van der Waals surface area contributed by atoms with Crippen LogP contribution in [0.4, 0.5) is 0 Å². The van der Waals surface area contributed by atoms with E-state index in [0.29, 0.717) is 5.57 Å². The number of hydrogen-bond acceptors (Lipinski definition) is 3. The molecular weight excluding hydrogens is 154 g/mol. The van der Waals surface area contributed by atoms with E-state index in [9.17, 15) is 4.79 Å². The Kier molecular flexibility index (Phi) is 6.40. The number of ether oxygens (including phenoxy) is 1. The predicted molar refractivity (Wildman–Crippen MR) is 34.6 cm³/mol. The SMILES string of the molecule is C=C(C)C(=O)OC(C)N.[Cl-]. The first-order valence-electron chi connectivity index (χ1n) is 2.66. The minimum atomic E-state index is -0.547. The largest absolute Gasteiger partial charge is 1.00 e. The van der Waals surface area contributed by atoms with Crippen LogP contribution in [0.3, 0.4) is 0 Å². The van der Waals surface area contributed by atoms with Gasteiger partial charge in [-0.3, -0.25) is 5.73 Å². The maximum atomic E-state index is 10.6. The summed E-state index contributed by atoms with van der Waals surface area (Å²) in [5, 5.41) is 0. The molecule has 0 aliphatic carbocycles. The molecule has 60 valence electrons. The molecule has 0 amide bonds. The fourth-order valence-electron chi connectivity index (χ4n) is 0.269. The van der Waals surface area contributed by atoms with Crippen LogP contribution in [0.2, 0.25) is 0 Å². The van der Waals surface area contributed by atoms with Gasteiger partial charge in [0, 0.05) is 5.57 Å². The molecule has 0 aliphatic heterocycles. The van der Waals surface area contributed by atoms with E-state index in [1.54, 1.807) is 13.8 Å². The molecule has 0 saturated carbocycles. The van der Waals surface area contributed by atoms with Gasteiger partial charge in [0.15, 0.2) is 0 Å². The van der Waals surface area contributed by atoms with E-state index < -0.39 is 12.2 Å². The molecule has 0 aromatic heterocycles. The summed E-state index contributed by atoms with van der Waals surface area (Å²) in [6, 6.07) is 0. The highest BCUT2D eigenvalue weighted by molar-refractivity contribution is 5.86. The van der Waals surface area contributed by atoms with Crippen LogP contribution in [0.25, 0.3) is 0 Å². The fourth-order valence-corrected chi connectivity index (χ4v) is 0.269. The highest BCUT2D eigenvalue weighted by atomic mass is 35.5. The maximum absolute atomic E-state index is 10.6. The lowest BCUT2D eigenvalue weighted by atomic mass is 10.4. The number of nitrogens with two attached hydrogens (primary N) is 1. The summed E-state index contributed by atoms with van der Waals surface area (Å²) >= 11 is 0. The van der Waals surface area contributed by atoms with Gasteiger partial charge in [-0.25, -0.2) is 4.79 Å². The molecule has 0 spiro atoms. The van der Waals surface area contributed by atoms with Gasteiger partial charge in [-0.2, -0.15) is 0 Å². The van der Waals surface area contributed by atoms with Crippen molar-refractivity contribution in [2.24, 2.45) is 5.73 Å². The number of rotatable bonds is 2. The standard InChI is InChI=1S/C6H11NO2.ClH/c1-4(2)6(8)9-5(3)7;/h5H,1,7H2,2-3H3;1H/p-1. The molecule has 0 aromatic rings. The van der Waals surface area contributed by atoms with Crippen molar-refractivity contribution in [3.8, 4) is 0 Å². The molecule has 10 heavy (non-hydrogen) atoms. The molecule has 1 atom stereocenters. The van der Waals surface area contributed by atoms with Crippen molar-refractivity contribution in [3.63, 3.8) is 0 Å². The first kappa shape index (κ1) is 12.2. The van der Waals surface area contributed by atoms with Crippen molar-refractivity contribution in [1.82, 2.24) is 0 Å². The van der Waals surface area contributed by atoms with E-state index in [0.717, 1.165) is 0 Å². The summed E-state index contributed by atoms with van der Waals surface area (Å²) in [7, 11) is 0. The lowest BCUT2D eigenvalue weighted by Gasteiger charge is -2.05. The van der Waals surface area contributed by atoms with Crippen LogP contribution in [0.1, 0.15) is 13.8 Å². The van der Waals surface area contributed by atoms with Crippen LogP contribution in [0.15, 0.2) is 12.2 Å². The maximum Gasteiger partial charge on any atom is 0.334 e. The smallest absolute Gasteiger partial charge is 0.334 e. The fraction of sp³-hybridized carbons (Fsp3) is 0.500. The van der Waals surface area contributed by atoms with Crippen LogP contribution < -0.4 is 18.1 Å². The van der Waals surface area contributed by atoms with Gasteiger partial charge in [0.1, 0.15) is 6.23 Å². The number of esters is 1. The summed E-state index contributed by atoms with van der Waals surface area (Å²) in [5.41, 5.74) is 5.51. The molecule has 0 bridgehead atoms. The van der Waals surface area contributed by atoms with Gasteiger partial charge in [0.25, 0.3) is 0 Å². The molecular formula is C6H11ClNO2-. The lowest BCUT2D eigenvalue weighted by Crippen LogP contribution is -3.00. The minimum Gasteiger partial charge on any atom is -1.00 e. The molecule has 0 saturated heterocycles. The third-order valence-corrected chi connectivity index (χ3v) is 0.641. The van der Waals surface area contributed by atoms with Crippen LogP contribution in [-0.4, -0.2) is 12.2 Å². The molecule has 0 aliphatic rings. The zero-order valence-corrected chi connectivity index (χ0v) is 6.81. The van der Waals surface area contributed by atoms with Crippen molar-refractivity contribution in [2.75, 3.05) is 0 Å². The van der Waals surface area contributed by atoms with Crippen molar-refractivity contribution >= 4 is 5.97 Å². The number of halogens is 1. The van der Waals surface area contributed by atoms with Crippen LogP contribution >= 0.6 is 0 Å². The van der Waals surface area contributed by atoms with Crippen molar-refractivity contribution in [3.05, 3.63) is 12.2 Å². The average molecular weight is 165 g/mol. The van der Waals surface area contributed by atoms with Gasteiger partial charge in [-0.1, -0.05) is 6.58 Å². The molecule has 4 heteroatoms. The van der Waals surface area contributed by atoms with E-state index >= 15 is 0 Å². The second-order valence-corrected chi connectivity index (χ2v) is 1.89. The summed E-state index contributed by atoms with van der Waals surface area (Å²) in [6.45, 7) is 6.54. The Morgan fingerprint density at radius 3 is 2.20 bits per heavy atom. The van der Waals surface area contributed by atoms with Crippen molar-refractivity contribution < 1.29 is 21.9 Å². The monoisotopic (exact) mass is 164 g/mol. The van der Waals surface area contributed by atoms with Gasteiger partial charge in [-0.15, -0.1) is 0 Å². The Morgan fingerprint density at radius 2 is 2.10 bits per heavy atom. The molecule has 0 heterocycles. The third-order valence-electron chi connectivity index (χ3n) is 0.641. The summed E-state index contributed by atoms with van der Waals surface area (Å²) in [4.78, 5) is 10.6. The quantitative estimate of drug-likeness (QED) is 0.277. The van der Waals surface area contributed by atoms with Crippen LogP contribution in [-0.2, 0) is 9.53 Å². The first-order valence-corrected chi connectivity index (χ1v) is 2.66.